The van der Waals surface area contributed by atoms with Gasteiger partial charge in [-0.15, -0.1) is 0 Å². The predicted octanol–water partition coefficient (Wildman–Crippen LogP) is 2.45. The Morgan fingerprint density at radius 3 is 2.71 bits per heavy atom. The van der Waals surface area contributed by atoms with Crippen LogP contribution in [0.3, 0.4) is 0 Å². The summed E-state index contributed by atoms with van der Waals surface area (Å²) in [4.78, 5) is 19.0. The summed E-state index contributed by atoms with van der Waals surface area (Å²) in [6.07, 6.45) is 0. The number of aromatic amines is 1. The lowest BCUT2D eigenvalue weighted by Crippen LogP contribution is -2.28. The van der Waals surface area contributed by atoms with Gasteiger partial charge in [-0.05, 0) is 30.2 Å². The van der Waals surface area contributed by atoms with Gasteiger partial charge in [-0.2, -0.15) is 0 Å². The van der Waals surface area contributed by atoms with Gasteiger partial charge in [0.15, 0.2) is 5.16 Å². The van der Waals surface area contributed by atoms with E-state index >= 15 is 0 Å². The summed E-state index contributed by atoms with van der Waals surface area (Å²) >= 11 is 1.15. The lowest BCUT2D eigenvalue weighted by Gasteiger charge is -2.16. The van der Waals surface area contributed by atoms with Gasteiger partial charge in [0.1, 0.15) is 0 Å². The fourth-order valence-electron chi connectivity index (χ4n) is 2.15. The van der Waals surface area contributed by atoms with E-state index in [1.165, 1.54) is 0 Å². The summed E-state index contributed by atoms with van der Waals surface area (Å²) in [6, 6.07) is 14.9. The molecule has 0 amide bonds. The highest BCUT2D eigenvalue weighted by molar-refractivity contribution is 8.00. The number of carboxylic acids is 1. The van der Waals surface area contributed by atoms with Gasteiger partial charge in [-0.25, -0.2) is 4.98 Å². The molecule has 0 aliphatic carbocycles. The van der Waals surface area contributed by atoms with Crippen molar-refractivity contribution in [3.8, 4) is 0 Å². The Hall–Kier alpha value is -2.27. The van der Waals surface area contributed by atoms with Gasteiger partial charge in [0.05, 0.1) is 22.3 Å². The maximum Gasteiger partial charge on any atom is 0.167 e. The number of aryl methyl sites for hydroxylation is 1. The number of imidazole rings is 1. The average molecular weight is 297 g/mol. The van der Waals surface area contributed by atoms with Crippen LogP contribution in [0.15, 0.2) is 53.7 Å². The first-order valence-electron chi connectivity index (χ1n) is 6.52. The SMILES string of the molecule is Cc1ccc2nc(S[C@@H](C(=O)[O-])c3ccccc3)[nH]c2c1. The molecule has 1 N–H and O–H groups in total. The van der Waals surface area contributed by atoms with E-state index in [0.717, 1.165) is 28.4 Å². The molecule has 0 radical (unpaired) electrons. The Bertz CT molecular complexity index is 783. The fourth-order valence-corrected chi connectivity index (χ4v) is 3.08. The van der Waals surface area contributed by atoms with E-state index in [1.54, 1.807) is 12.1 Å². The molecule has 5 heteroatoms. The van der Waals surface area contributed by atoms with Gasteiger partial charge in [0.2, 0.25) is 0 Å². The first-order chi connectivity index (χ1) is 10.1. The fraction of sp³-hybridized carbons (Fsp3) is 0.125. The summed E-state index contributed by atoms with van der Waals surface area (Å²) in [7, 11) is 0. The van der Waals surface area contributed by atoms with Crippen LogP contribution in [-0.2, 0) is 4.79 Å². The van der Waals surface area contributed by atoms with Crippen LogP contribution in [0.25, 0.3) is 11.0 Å². The van der Waals surface area contributed by atoms with Crippen molar-refractivity contribution in [2.75, 3.05) is 0 Å². The Morgan fingerprint density at radius 1 is 1.24 bits per heavy atom. The van der Waals surface area contributed by atoms with Crippen LogP contribution in [0.2, 0.25) is 0 Å². The topological polar surface area (TPSA) is 68.8 Å². The minimum absolute atomic E-state index is 0.577. The summed E-state index contributed by atoms with van der Waals surface area (Å²) in [5.41, 5.74) is 3.55. The molecule has 0 spiro atoms. The van der Waals surface area contributed by atoms with Crippen molar-refractivity contribution in [3.63, 3.8) is 0 Å². The van der Waals surface area contributed by atoms with Crippen molar-refractivity contribution < 1.29 is 9.90 Å². The van der Waals surface area contributed by atoms with Crippen molar-refractivity contribution in [1.29, 1.82) is 0 Å². The lowest BCUT2D eigenvalue weighted by molar-refractivity contribution is -0.305. The smallest absolute Gasteiger partial charge is 0.167 e. The molecule has 3 rings (SSSR count). The number of aromatic nitrogens is 2. The Labute approximate surface area is 126 Å². The van der Waals surface area contributed by atoms with E-state index in [4.69, 9.17) is 0 Å². The lowest BCUT2D eigenvalue weighted by atomic mass is 10.1. The van der Waals surface area contributed by atoms with Gasteiger partial charge < -0.3 is 14.9 Å². The summed E-state index contributed by atoms with van der Waals surface area (Å²) in [6.45, 7) is 2.00. The number of hydrogen-bond acceptors (Lipinski definition) is 4. The molecule has 21 heavy (non-hydrogen) atoms. The molecule has 0 aliphatic heterocycles. The number of aliphatic carboxylic acids is 1. The van der Waals surface area contributed by atoms with Crippen LogP contribution in [0.4, 0.5) is 0 Å². The van der Waals surface area contributed by atoms with Crippen molar-refractivity contribution >= 4 is 28.8 Å². The van der Waals surface area contributed by atoms with Crippen LogP contribution in [0.5, 0.6) is 0 Å². The second-order valence-electron chi connectivity index (χ2n) is 4.79. The number of thioether (sulfide) groups is 1. The number of rotatable bonds is 4. The number of hydrogen-bond donors (Lipinski definition) is 1. The Morgan fingerprint density at radius 2 is 2.00 bits per heavy atom. The minimum atomic E-state index is -1.12. The summed E-state index contributed by atoms with van der Waals surface area (Å²) in [5.74, 6) is -1.12. The number of carbonyl (C=O) groups excluding carboxylic acids is 1. The van der Waals surface area contributed by atoms with E-state index in [-0.39, 0.29) is 0 Å². The van der Waals surface area contributed by atoms with Crippen LogP contribution in [0, 0.1) is 6.92 Å². The standard InChI is InChI=1S/C16H14N2O2S/c1-10-7-8-12-13(9-10)18-16(17-12)21-14(15(19)20)11-5-3-2-4-6-11/h2-9,14H,1H3,(H,17,18)(H,19,20)/p-1/t14-/m1/s1. The van der Waals surface area contributed by atoms with Crippen molar-refractivity contribution in [3.05, 3.63) is 59.7 Å². The van der Waals surface area contributed by atoms with Crippen molar-refractivity contribution in [2.45, 2.75) is 17.3 Å². The predicted molar refractivity (Wildman–Crippen MR) is 80.9 cm³/mol. The maximum absolute atomic E-state index is 11.4. The van der Waals surface area contributed by atoms with Crippen LogP contribution < -0.4 is 5.11 Å². The quantitative estimate of drug-likeness (QED) is 0.751. The van der Waals surface area contributed by atoms with Crippen LogP contribution in [-0.4, -0.2) is 15.9 Å². The van der Waals surface area contributed by atoms with E-state index in [2.05, 4.69) is 9.97 Å². The molecule has 0 aliphatic rings. The first kappa shape index (κ1) is 13.7. The molecule has 1 atom stereocenters. The first-order valence-corrected chi connectivity index (χ1v) is 7.40. The van der Waals surface area contributed by atoms with Crippen LogP contribution in [0.1, 0.15) is 16.4 Å². The third-order valence-corrected chi connectivity index (χ3v) is 4.28. The van der Waals surface area contributed by atoms with Gasteiger partial charge in [0.25, 0.3) is 0 Å². The molecule has 2 aromatic carbocycles. The highest BCUT2D eigenvalue weighted by Gasteiger charge is 2.16. The molecule has 1 aromatic heterocycles. The summed E-state index contributed by atoms with van der Waals surface area (Å²) in [5, 5.41) is 11.2. The molecular weight excluding hydrogens is 284 g/mol. The monoisotopic (exact) mass is 297 g/mol. The van der Waals surface area contributed by atoms with E-state index < -0.39 is 11.2 Å². The average Bonchev–Trinajstić information content (AvgIpc) is 2.87. The molecule has 0 fully saturated rings. The molecule has 3 aromatic rings. The molecule has 106 valence electrons. The van der Waals surface area contributed by atoms with Crippen LogP contribution >= 0.6 is 11.8 Å². The highest BCUT2D eigenvalue weighted by Crippen LogP contribution is 2.34. The third-order valence-electron chi connectivity index (χ3n) is 3.16. The number of fused-ring (bicyclic) bond motifs is 1. The highest BCUT2D eigenvalue weighted by atomic mass is 32.2. The van der Waals surface area contributed by atoms with Gasteiger partial charge >= 0.3 is 0 Å². The number of nitrogens with one attached hydrogen (secondary N) is 1. The largest absolute Gasteiger partial charge is 0.549 e. The van der Waals surface area contributed by atoms with Gasteiger partial charge in [0, 0.05) is 0 Å². The molecular formula is C16H13N2O2S-. The molecule has 0 unspecified atom stereocenters. The zero-order chi connectivity index (χ0) is 14.8. The van der Waals surface area contributed by atoms with E-state index in [0.29, 0.717) is 10.7 Å². The minimum Gasteiger partial charge on any atom is -0.549 e. The Balaban J connectivity index is 1.93. The number of benzene rings is 2. The van der Waals surface area contributed by atoms with E-state index in [1.807, 2.05) is 43.3 Å². The van der Waals surface area contributed by atoms with E-state index in [9.17, 15) is 9.90 Å². The number of H-pyrrole nitrogens is 1. The normalized spacial score (nSPS) is 12.4. The third kappa shape index (κ3) is 2.92. The van der Waals surface area contributed by atoms with Crippen molar-refractivity contribution in [2.24, 2.45) is 0 Å². The second-order valence-corrected chi connectivity index (χ2v) is 5.88. The molecule has 4 nitrogen and oxygen atoms in total. The molecule has 1 heterocycles. The second kappa shape index (κ2) is 5.61. The number of nitrogens with zero attached hydrogens (tertiary/aromatic N) is 1. The Kier molecular flexibility index (Phi) is 3.66. The van der Waals surface area contributed by atoms with Gasteiger partial charge in [-0.1, -0.05) is 48.2 Å². The van der Waals surface area contributed by atoms with Crippen molar-refractivity contribution in [1.82, 2.24) is 9.97 Å². The maximum atomic E-state index is 11.4. The molecule has 0 bridgehead atoms. The van der Waals surface area contributed by atoms with Gasteiger partial charge in [-0.3, -0.25) is 0 Å². The number of carbonyl (C=O) groups is 1. The zero-order valence-corrected chi connectivity index (χ0v) is 12.2. The molecule has 0 saturated heterocycles. The number of carboxylic acid groups (broad SMARTS) is 1. The molecule has 0 saturated carbocycles. The summed E-state index contributed by atoms with van der Waals surface area (Å²) < 4.78 is 0. The zero-order valence-electron chi connectivity index (χ0n) is 11.4.